The molecule has 1 aromatic heterocycles. The number of thiophene rings is 1. The SMILES string of the molecule is C=CCc1cc(C=Nc2sc3c(c2C(=O)NC2CCCCC2)CCCC3)cc(OCC)c1O. The molecule has 4 rings (SSSR count). The first kappa shape index (κ1) is 23.6. The second-order valence-corrected chi connectivity index (χ2v) is 9.99. The zero-order valence-electron chi connectivity index (χ0n) is 19.5. The molecule has 2 N–H and O–H groups in total. The number of aryl methyl sites for hydroxylation is 1. The van der Waals surface area contributed by atoms with Crippen molar-refractivity contribution >= 4 is 28.5 Å². The van der Waals surface area contributed by atoms with Gasteiger partial charge in [0.2, 0.25) is 0 Å². The number of carbonyl (C=O) groups is 1. The lowest BCUT2D eigenvalue weighted by Crippen LogP contribution is -2.36. The van der Waals surface area contributed by atoms with Gasteiger partial charge in [-0.25, -0.2) is 4.99 Å². The maximum absolute atomic E-state index is 13.4. The van der Waals surface area contributed by atoms with Gasteiger partial charge in [0, 0.05) is 22.7 Å². The van der Waals surface area contributed by atoms with Gasteiger partial charge in [-0.2, -0.15) is 0 Å². The molecule has 2 aliphatic carbocycles. The van der Waals surface area contributed by atoms with E-state index in [1.54, 1.807) is 29.7 Å². The smallest absolute Gasteiger partial charge is 0.254 e. The van der Waals surface area contributed by atoms with Crippen molar-refractivity contribution in [1.82, 2.24) is 5.32 Å². The van der Waals surface area contributed by atoms with Gasteiger partial charge in [-0.15, -0.1) is 17.9 Å². The molecule has 6 heteroatoms. The molecule has 2 aromatic rings. The summed E-state index contributed by atoms with van der Waals surface area (Å²) in [5, 5.41) is 14.6. The highest BCUT2D eigenvalue weighted by molar-refractivity contribution is 7.16. The Bertz CT molecular complexity index is 1030. The molecule has 176 valence electrons. The third-order valence-corrected chi connectivity index (χ3v) is 7.69. The Labute approximate surface area is 200 Å². The summed E-state index contributed by atoms with van der Waals surface area (Å²) in [5.74, 6) is 0.619. The number of fused-ring (bicyclic) bond motifs is 1. The van der Waals surface area contributed by atoms with Crippen LogP contribution < -0.4 is 10.1 Å². The van der Waals surface area contributed by atoms with Gasteiger partial charge < -0.3 is 15.2 Å². The first-order chi connectivity index (χ1) is 16.1. The lowest BCUT2D eigenvalue weighted by molar-refractivity contribution is 0.0927. The summed E-state index contributed by atoms with van der Waals surface area (Å²) in [5.41, 5.74) is 3.54. The number of ether oxygens (including phenoxy) is 1. The van der Waals surface area contributed by atoms with Gasteiger partial charge in [0.25, 0.3) is 5.91 Å². The largest absolute Gasteiger partial charge is 0.504 e. The normalized spacial score (nSPS) is 16.5. The minimum atomic E-state index is 0.0292. The first-order valence-electron chi connectivity index (χ1n) is 12.2. The van der Waals surface area contributed by atoms with Crippen LogP contribution in [0.5, 0.6) is 11.5 Å². The van der Waals surface area contributed by atoms with E-state index in [0.717, 1.165) is 53.8 Å². The second-order valence-electron chi connectivity index (χ2n) is 8.91. The molecule has 0 atom stereocenters. The van der Waals surface area contributed by atoms with E-state index >= 15 is 0 Å². The average Bonchev–Trinajstić information content (AvgIpc) is 3.20. The van der Waals surface area contributed by atoms with Crippen molar-refractivity contribution in [2.24, 2.45) is 4.99 Å². The van der Waals surface area contributed by atoms with Crippen molar-refractivity contribution in [3.8, 4) is 11.5 Å². The third kappa shape index (κ3) is 5.49. The summed E-state index contributed by atoms with van der Waals surface area (Å²) >= 11 is 1.65. The third-order valence-electron chi connectivity index (χ3n) is 6.49. The molecule has 1 fully saturated rings. The molecule has 33 heavy (non-hydrogen) atoms. The Balaban J connectivity index is 1.65. The predicted octanol–water partition coefficient (Wildman–Crippen LogP) is 6.27. The number of hydrogen-bond acceptors (Lipinski definition) is 5. The Kier molecular flexibility index (Phi) is 7.86. The number of nitrogens with one attached hydrogen (secondary N) is 1. The van der Waals surface area contributed by atoms with Crippen LogP contribution in [0.1, 0.15) is 83.8 Å². The quantitative estimate of drug-likeness (QED) is 0.356. The molecule has 1 amide bonds. The summed E-state index contributed by atoms with van der Waals surface area (Å²) in [6.45, 7) is 6.14. The summed E-state index contributed by atoms with van der Waals surface area (Å²) in [6.07, 6.45) is 14.1. The Morgan fingerprint density at radius 2 is 2.03 bits per heavy atom. The second kappa shape index (κ2) is 11.0. The average molecular weight is 467 g/mol. The molecule has 5 nitrogen and oxygen atoms in total. The summed E-state index contributed by atoms with van der Waals surface area (Å²) in [4.78, 5) is 19.5. The Morgan fingerprint density at radius 1 is 1.24 bits per heavy atom. The molecular formula is C27H34N2O3S. The van der Waals surface area contributed by atoms with Gasteiger partial charge in [0.05, 0.1) is 12.2 Å². The molecule has 1 heterocycles. The highest BCUT2D eigenvalue weighted by Crippen LogP contribution is 2.40. The number of allylic oxidation sites excluding steroid dienone is 1. The van der Waals surface area contributed by atoms with Gasteiger partial charge in [-0.3, -0.25) is 4.79 Å². The highest BCUT2D eigenvalue weighted by atomic mass is 32.1. The molecule has 0 bridgehead atoms. The number of nitrogens with zero attached hydrogens (tertiary/aromatic N) is 1. The predicted molar refractivity (Wildman–Crippen MR) is 136 cm³/mol. The van der Waals surface area contributed by atoms with Gasteiger partial charge >= 0.3 is 0 Å². The van der Waals surface area contributed by atoms with Crippen LogP contribution in [-0.2, 0) is 19.3 Å². The minimum absolute atomic E-state index is 0.0292. The molecule has 1 aromatic carbocycles. The van der Waals surface area contributed by atoms with Crippen LogP contribution in [0.3, 0.4) is 0 Å². The van der Waals surface area contributed by atoms with E-state index in [1.165, 1.54) is 36.1 Å². The number of amides is 1. The van der Waals surface area contributed by atoms with Crippen LogP contribution in [-0.4, -0.2) is 29.9 Å². The number of phenolic OH excluding ortho intramolecular Hbond substituents is 1. The Morgan fingerprint density at radius 3 is 2.79 bits per heavy atom. The number of benzene rings is 1. The van der Waals surface area contributed by atoms with Crippen molar-refractivity contribution in [3.63, 3.8) is 0 Å². The molecule has 0 radical (unpaired) electrons. The maximum atomic E-state index is 13.4. The highest BCUT2D eigenvalue weighted by Gasteiger charge is 2.27. The topological polar surface area (TPSA) is 70.9 Å². The molecule has 2 aliphatic rings. The Hall–Kier alpha value is -2.60. The van der Waals surface area contributed by atoms with Crippen molar-refractivity contribution in [2.75, 3.05) is 6.61 Å². The molecule has 1 saturated carbocycles. The number of aromatic hydroxyl groups is 1. The van der Waals surface area contributed by atoms with Crippen LogP contribution in [0.4, 0.5) is 5.00 Å². The van der Waals surface area contributed by atoms with Crippen molar-refractivity contribution in [2.45, 2.75) is 77.2 Å². The zero-order valence-corrected chi connectivity index (χ0v) is 20.3. The van der Waals surface area contributed by atoms with Crippen molar-refractivity contribution < 1.29 is 14.6 Å². The van der Waals surface area contributed by atoms with Gasteiger partial charge in [0.15, 0.2) is 11.5 Å². The van der Waals surface area contributed by atoms with E-state index in [9.17, 15) is 9.90 Å². The van der Waals surface area contributed by atoms with Crippen LogP contribution >= 0.6 is 11.3 Å². The summed E-state index contributed by atoms with van der Waals surface area (Å²) in [7, 11) is 0. The standard InChI is InChI=1S/C27H34N2O3S/c1-3-10-19-15-18(16-22(25(19)30)32-4-2)17-28-27-24(21-13-8-9-14-23(21)33-27)26(31)29-20-11-6-5-7-12-20/h3,15-17,20,30H,1,4-14H2,2H3,(H,29,31). The van der Waals surface area contributed by atoms with E-state index in [4.69, 9.17) is 9.73 Å². The number of rotatable bonds is 8. The molecular weight excluding hydrogens is 432 g/mol. The van der Waals surface area contributed by atoms with Crippen LogP contribution in [0.2, 0.25) is 0 Å². The van der Waals surface area contributed by atoms with Crippen LogP contribution in [0.25, 0.3) is 0 Å². The summed E-state index contributed by atoms with van der Waals surface area (Å²) in [6, 6.07) is 3.97. The minimum Gasteiger partial charge on any atom is -0.504 e. The fourth-order valence-electron chi connectivity index (χ4n) is 4.85. The monoisotopic (exact) mass is 466 g/mol. The molecule has 0 saturated heterocycles. The van der Waals surface area contributed by atoms with E-state index in [1.807, 2.05) is 13.0 Å². The van der Waals surface area contributed by atoms with Gasteiger partial charge in [-0.05, 0) is 75.1 Å². The number of carbonyl (C=O) groups excluding carboxylic acids is 1. The number of phenols is 1. The molecule has 0 unspecified atom stereocenters. The molecule has 0 spiro atoms. The maximum Gasteiger partial charge on any atom is 0.254 e. The lowest BCUT2D eigenvalue weighted by atomic mass is 9.93. The van der Waals surface area contributed by atoms with Crippen molar-refractivity contribution in [1.29, 1.82) is 0 Å². The lowest BCUT2D eigenvalue weighted by Gasteiger charge is -2.23. The van der Waals surface area contributed by atoms with E-state index < -0.39 is 0 Å². The van der Waals surface area contributed by atoms with Crippen molar-refractivity contribution in [3.05, 3.63) is 51.9 Å². The van der Waals surface area contributed by atoms with Crippen LogP contribution in [0.15, 0.2) is 29.8 Å². The zero-order chi connectivity index (χ0) is 23.2. The van der Waals surface area contributed by atoms with Gasteiger partial charge in [-0.1, -0.05) is 25.3 Å². The van der Waals surface area contributed by atoms with E-state index in [2.05, 4.69) is 11.9 Å². The summed E-state index contributed by atoms with van der Waals surface area (Å²) < 4.78 is 5.62. The van der Waals surface area contributed by atoms with Crippen LogP contribution in [0, 0.1) is 0 Å². The van der Waals surface area contributed by atoms with Gasteiger partial charge in [0.1, 0.15) is 5.00 Å². The fraction of sp³-hybridized carbons (Fsp3) is 0.481. The number of hydrogen-bond donors (Lipinski definition) is 2. The van der Waals surface area contributed by atoms with E-state index in [0.29, 0.717) is 18.8 Å². The number of aliphatic imine (C=N–C) groups is 1. The van der Waals surface area contributed by atoms with E-state index in [-0.39, 0.29) is 17.7 Å². The molecule has 0 aliphatic heterocycles. The first-order valence-corrected chi connectivity index (χ1v) is 13.0. The fourth-order valence-corrected chi connectivity index (χ4v) is 6.09.